The van der Waals surface area contributed by atoms with Gasteiger partial charge in [-0.25, -0.2) is 13.8 Å². The van der Waals surface area contributed by atoms with Gasteiger partial charge in [-0.2, -0.15) is 0 Å². The molecule has 0 aliphatic carbocycles. The van der Waals surface area contributed by atoms with Crippen LogP contribution >= 0.6 is 11.6 Å². The second-order valence-corrected chi connectivity index (χ2v) is 7.80. The van der Waals surface area contributed by atoms with E-state index < -0.39 is 11.6 Å². The number of amides is 1. The molecule has 4 aromatic rings. The Kier molecular flexibility index (Phi) is 4.63. The quantitative estimate of drug-likeness (QED) is 0.479. The molecule has 2 aromatic heterocycles. The third-order valence-corrected chi connectivity index (χ3v) is 5.79. The summed E-state index contributed by atoms with van der Waals surface area (Å²) in [6.45, 7) is 0.468. The first-order valence-electron chi connectivity index (χ1n) is 9.61. The Morgan fingerprint density at radius 1 is 1.23 bits per heavy atom. The van der Waals surface area contributed by atoms with Crippen molar-refractivity contribution in [3.05, 3.63) is 76.6 Å². The predicted molar refractivity (Wildman–Crippen MR) is 115 cm³/mol. The molecule has 0 bridgehead atoms. The van der Waals surface area contributed by atoms with E-state index in [9.17, 15) is 13.6 Å². The van der Waals surface area contributed by atoms with Crippen LogP contribution in [0.4, 0.5) is 20.3 Å². The molecule has 0 spiro atoms. The minimum atomic E-state index is -0.596. The lowest BCUT2D eigenvalue weighted by atomic mass is 10.0. The fourth-order valence-electron chi connectivity index (χ4n) is 4.02. The van der Waals surface area contributed by atoms with Crippen LogP contribution in [0.5, 0.6) is 0 Å². The molecule has 31 heavy (non-hydrogen) atoms. The summed E-state index contributed by atoms with van der Waals surface area (Å²) in [7, 11) is 0. The molecule has 0 unspecified atom stereocenters. The van der Waals surface area contributed by atoms with Crippen LogP contribution in [0, 0.1) is 11.6 Å². The van der Waals surface area contributed by atoms with Crippen LogP contribution in [0.3, 0.4) is 0 Å². The smallest absolute Gasteiger partial charge is 0.231 e. The number of anilines is 2. The van der Waals surface area contributed by atoms with E-state index in [2.05, 4.69) is 4.98 Å². The van der Waals surface area contributed by atoms with E-state index >= 15 is 0 Å². The van der Waals surface area contributed by atoms with Gasteiger partial charge in [-0.05, 0) is 47.9 Å². The van der Waals surface area contributed by atoms with E-state index in [4.69, 9.17) is 21.8 Å². The van der Waals surface area contributed by atoms with Crippen molar-refractivity contribution < 1.29 is 18.0 Å². The number of halogens is 3. The van der Waals surface area contributed by atoms with Gasteiger partial charge in [0.15, 0.2) is 5.58 Å². The van der Waals surface area contributed by atoms with Gasteiger partial charge < -0.3 is 15.1 Å². The van der Waals surface area contributed by atoms with Gasteiger partial charge in [-0.1, -0.05) is 17.7 Å². The van der Waals surface area contributed by atoms with Crippen LogP contribution in [0.25, 0.3) is 22.1 Å². The van der Waals surface area contributed by atoms with Crippen molar-refractivity contribution in [2.24, 2.45) is 0 Å². The van der Waals surface area contributed by atoms with Crippen molar-refractivity contribution in [3.63, 3.8) is 0 Å². The molecular formula is C23H16ClF2N3O2. The van der Waals surface area contributed by atoms with E-state index in [1.165, 1.54) is 6.20 Å². The topological polar surface area (TPSA) is 72.4 Å². The summed E-state index contributed by atoms with van der Waals surface area (Å²) < 4.78 is 33.0. The highest BCUT2D eigenvalue weighted by Gasteiger charge is 2.26. The molecular weight excluding hydrogens is 424 g/mol. The molecule has 8 heteroatoms. The van der Waals surface area contributed by atoms with Crippen LogP contribution in [-0.2, 0) is 17.6 Å². The summed E-state index contributed by atoms with van der Waals surface area (Å²) in [6.07, 6.45) is 3.46. The molecule has 0 atom stereocenters. The average molecular weight is 440 g/mol. The molecule has 0 fully saturated rings. The number of furan rings is 1. The molecule has 5 rings (SSSR count). The van der Waals surface area contributed by atoms with Crippen molar-refractivity contribution in [2.75, 3.05) is 17.2 Å². The van der Waals surface area contributed by atoms with Crippen LogP contribution in [0.2, 0.25) is 5.02 Å². The third kappa shape index (κ3) is 3.31. The lowest BCUT2D eigenvalue weighted by Crippen LogP contribution is -2.30. The van der Waals surface area contributed by atoms with Crippen molar-refractivity contribution in [1.82, 2.24) is 4.98 Å². The molecule has 0 radical (unpaired) electrons. The van der Waals surface area contributed by atoms with Gasteiger partial charge in [0.05, 0.1) is 24.3 Å². The summed E-state index contributed by atoms with van der Waals surface area (Å²) in [6, 6.07) is 8.79. The van der Waals surface area contributed by atoms with Crippen molar-refractivity contribution in [1.29, 1.82) is 0 Å². The summed E-state index contributed by atoms with van der Waals surface area (Å²) in [4.78, 5) is 18.5. The second-order valence-electron chi connectivity index (χ2n) is 7.40. The first-order chi connectivity index (χ1) is 14.9. The zero-order valence-corrected chi connectivity index (χ0v) is 16.9. The van der Waals surface area contributed by atoms with E-state index in [1.54, 1.807) is 11.2 Å². The number of hydrogen-bond donors (Lipinski definition) is 1. The minimum absolute atomic E-state index is 0.0415. The zero-order valence-electron chi connectivity index (χ0n) is 16.2. The molecule has 1 aliphatic rings. The molecule has 3 heterocycles. The summed E-state index contributed by atoms with van der Waals surface area (Å²) in [5.41, 5.74) is 9.89. The predicted octanol–water partition coefficient (Wildman–Crippen LogP) is 5.14. The number of pyridine rings is 1. The molecule has 2 N–H and O–H groups in total. The highest BCUT2D eigenvalue weighted by atomic mass is 35.5. The van der Waals surface area contributed by atoms with Crippen LogP contribution in [0.1, 0.15) is 11.1 Å². The van der Waals surface area contributed by atoms with Crippen molar-refractivity contribution in [3.8, 4) is 11.1 Å². The first-order valence-corrected chi connectivity index (χ1v) is 9.99. The Bertz CT molecular complexity index is 1350. The second kappa shape index (κ2) is 7.35. The van der Waals surface area contributed by atoms with Crippen molar-refractivity contribution >= 4 is 40.0 Å². The van der Waals surface area contributed by atoms with Crippen molar-refractivity contribution in [2.45, 2.75) is 12.8 Å². The summed E-state index contributed by atoms with van der Waals surface area (Å²) in [5, 5.41) is 1.01. The number of benzene rings is 2. The van der Waals surface area contributed by atoms with Gasteiger partial charge in [-0.15, -0.1) is 0 Å². The normalized spacial score (nSPS) is 13.1. The maximum Gasteiger partial charge on any atom is 0.231 e. The standard InChI is InChI=1S/C23H16ClF2N3O2/c24-17-10-28-23(27)21-16(11-31-22(17)21)12-1-4-19-13(7-12)5-6-29(19)20(30)9-14-8-15(25)2-3-18(14)26/h1-4,7-8,10-11H,5-6,9H2,(H2,27,28). The molecule has 1 amide bonds. The fourth-order valence-corrected chi connectivity index (χ4v) is 4.20. The van der Waals surface area contributed by atoms with Gasteiger partial charge in [-0.3, -0.25) is 4.79 Å². The minimum Gasteiger partial charge on any atom is -0.462 e. The zero-order chi connectivity index (χ0) is 21.7. The highest BCUT2D eigenvalue weighted by Crippen LogP contribution is 2.39. The maximum atomic E-state index is 13.9. The highest BCUT2D eigenvalue weighted by molar-refractivity contribution is 6.35. The maximum absolute atomic E-state index is 13.9. The van der Waals surface area contributed by atoms with Crippen LogP contribution in [-0.4, -0.2) is 17.4 Å². The Labute approximate surface area is 181 Å². The average Bonchev–Trinajstić information content (AvgIpc) is 3.38. The number of rotatable bonds is 3. The molecule has 0 saturated carbocycles. The molecule has 2 aromatic carbocycles. The number of nitrogens with zero attached hydrogens (tertiary/aromatic N) is 2. The Morgan fingerprint density at radius 2 is 2.06 bits per heavy atom. The number of fused-ring (bicyclic) bond motifs is 2. The van der Waals surface area contributed by atoms with Gasteiger partial charge in [0, 0.05) is 23.4 Å². The number of carbonyl (C=O) groups is 1. The van der Waals surface area contributed by atoms with Crippen LogP contribution < -0.4 is 10.6 Å². The summed E-state index contributed by atoms with van der Waals surface area (Å²) >= 11 is 6.16. The Morgan fingerprint density at radius 3 is 2.90 bits per heavy atom. The fraction of sp³-hybridized carbons (Fsp3) is 0.130. The number of hydrogen-bond acceptors (Lipinski definition) is 4. The molecule has 0 saturated heterocycles. The third-order valence-electron chi connectivity index (χ3n) is 5.52. The molecule has 156 valence electrons. The van der Waals surface area contributed by atoms with Gasteiger partial charge >= 0.3 is 0 Å². The first kappa shape index (κ1) is 19.5. The Hall–Kier alpha value is -3.45. The van der Waals surface area contributed by atoms with E-state index in [1.807, 2.05) is 18.2 Å². The van der Waals surface area contributed by atoms with Crippen LogP contribution in [0.15, 0.2) is 53.3 Å². The van der Waals surface area contributed by atoms with Gasteiger partial charge in [0.1, 0.15) is 22.5 Å². The largest absolute Gasteiger partial charge is 0.462 e. The summed E-state index contributed by atoms with van der Waals surface area (Å²) in [5.74, 6) is -1.14. The monoisotopic (exact) mass is 439 g/mol. The number of carbonyl (C=O) groups excluding carboxylic acids is 1. The SMILES string of the molecule is Nc1ncc(Cl)c2occ(-c3ccc4c(c3)CCN4C(=O)Cc3cc(F)ccc3F)c12. The lowest BCUT2D eigenvalue weighted by molar-refractivity contribution is -0.117. The van der Waals surface area contributed by atoms with E-state index in [0.29, 0.717) is 34.8 Å². The number of aromatic nitrogens is 1. The molecule has 1 aliphatic heterocycles. The van der Waals surface area contributed by atoms with Gasteiger partial charge in [0.2, 0.25) is 5.91 Å². The van der Waals surface area contributed by atoms with E-state index in [-0.39, 0.29) is 17.9 Å². The van der Waals surface area contributed by atoms with Gasteiger partial charge in [0.25, 0.3) is 0 Å². The number of nitrogen functional groups attached to an aromatic ring is 1. The molecule has 5 nitrogen and oxygen atoms in total. The van der Waals surface area contributed by atoms with E-state index in [0.717, 1.165) is 40.6 Å². The lowest BCUT2D eigenvalue weighted by Gasteiger charge is -2.18. The number of nitrogens with two attached hydrogens (primary N) is 1. The Balaban J connectivity index is 1.46.